The second-order valence-electron chi connectivity index (χ2n) is 4.30. The molecule has 0 radical (unpaired) electrons. The Morgan fingerprint density at radius 1 is 1.25 bits per heavy atom. The molecule has 0 aliphatic carbocycles. The molecule has 0 saturated carbocycles. The largest absolute Gasteiger partial charge is 0.368 e. The maximum Gasteiger partial charge on any atom is 0.231 e. The Morgan fingerprint density at radius 2 is 2.05 bits per heavy atom. The Labute approximate surface area is 123 Å². The molecule has 2 aromatic rings. The maximum atomic E-state index is 5.75. The summed E-state index contributed by atoms with van der Waals surface area (Å²) in [4.78, 5) is 14.8. The summed E-state index contributed by atoms with van der Waals surface area (Å²) in [6.45, 7) is 6.58. The van der Waals surface area contributed by atoms with Gasteiger partial charge in [0.25, 0.3) is 0 Å². The van der Waals surface area contributed by atoms with Crippen LogP contribution in [-0.2, 0) is 6.42 Å². The summed E-state index contributed by atoms with van der Waals surface area (Å²) in [7, 11) is 0. The number of hydrogen-bond acceptors (Lipinski definition) is 7. The molecule has 0 aliphatic heterocycles. The first kappa shape index (κ1) is 14.5. The summed E-state index contributed by atoms with van der Waals surface area (Å²) in [5.41, 5.74) is 7.06. The van der Waals surface area contributed by atoms with Gasteiger partial charge in [0.15, 0.2) is 0 Å². The summed E-state index contributed by atoms with van der Waals surface area (Å²) < 4.78 is 0. The van der Waals surface area contributed by atoms with Gasteiger partial charge in [-0.2, -0.15) is 26.3 Å². The Bertz CT molecular complexity index is 524. The highest BCUT2D eigenvalue weighted by atomic mass is 32.1. The average molecular weight is 292 g/mol. The molecule has 0 fully saturated rings. The van der Waals surface area contributed by atoms with Crippen molar-refractivity contribution in [1.29, 1.82) is 0 Å². The highest BCUT2D eigenvalue weighted by Crippen LogP contribution is 2.12. The van der Waals surface area contributed by atoms with Gasteiger partial charge in [-0.3, -0.25) is 0 Å². The molecule has 3 N–H and O–H groups in total. The molecule has 0 amide bonds. The van der Waals surface area contributed by atoms with Gasteiger partial charge in [0.2, 0.25) is 17.8 Å². The van der Waals surface area contributed by atoms with Crippen LogP contribution in [0.1, 0.15) is 19.4 Å². The normalized spacial score (nSPS) is 10.5. The summed E-state index contributed by atoms with van der Waals surface area (Å²) in [6, 6.07) is 2.12. The SMILES string of the molecule is CCN(CC)c1nc(N)nc(NCCc2ccsc2)n1. The van der Waals surface area contributed by atoms with E-state index in [4.69, 9.17) is 5.73 Å². The fourth-order valence-electron chi connectivity index (χ4n) is 1.86. The molecule has 108 valence electrons. The van der Waals surface area contributed by atoms with Crippen LogP contribution in [0.4, 0.5) is 17.8 Å². The van der Waals surface area contributed by atoms with Gasteiger partial charge in [-0.1, -0.05) is 0 Å². The molecule has 2 rings (SSSR count). The van der Waals surface area contributed by atoms with Crippen molar-refractivity contribution >= 4 is 29.2 Å². The molecule has 0 atom stereocenters. The van der Waals surface area contributed by atoms with Crippen LogP contribution in [0.2, 0.25) is 0 Å². The Morgan fingerprint density at radius 3 is 2.70 bits per heavy atom. The molecule has 0 unspecified atom stereocenters. The highest BCUT2D eigenvalue weighted by Gasteiger charge is 2.09. The number of aromatic nitrogens is 3. The van der Waals surface area contributed by atoms with Crippen molar-refractivity contribution in [1.82, 2.24) is 15.0 Å². The highest BCUT2D eigenvalue weighted by molar-refractivity contribution is 7.07. The van der Waals surface area contributed by atoms with Gasteiger partial charge in [0, 0.05) is 19.6 Å². The molecule has 0 spiro atoms. The molecule has 0 aliphatic rings. The third-order valence-corrected chi connectivity index (χ3v) is 3.70. The number of rotatable bonds is 7. The Kier molecular flexibility index (Phi) is 5.11. The van der Waals surface area contributed by atoms with Crippen molar-refractivity contribution in [3.8, 4) is 0 Å². The van der Waals surface area contributed by atoms with Gasteiger partial charge >= 0.3 is 0 Å². The number of anilines is 3. The molecule has 2 aromatic heterocycles. The smallest absolute Gasteiger partial charge is 0.231 e. The second kappa shape index (κ2) is 7.04. The molecule has 2 heterocycles. The van der Waals surface area contributed by atoms with E-state index in [1.54, 1.807) is 11.3 Å². The van der Waals surface area contributed by atoms with Gasteiger partial charge in [-0.15, -0.1) is 0 Å². The van der Waals surface area contributed by atoms with Crippen LogP contribution in [-0.4, -0.2) is 34.6 Å². The fourth-order valence-corrected chi connectivity index (χ4v) is 2.56. The quantitative estimate of drug-likeness (QED) is 0.812. The van der Waals surface area contributed by atoms with Crippen molar-refractivity contribution in [2.45, 2.75) is 20.3 Å². The summed E-state index contributed by atoms with van der Waals surface area (Å²) in [5, 5.41) is 7.42. The van der Waals surface area contributed by atoms with Gasteiger partial charge < -0.3 is 16.0 Å². The number of nitrogens with one attached hydrogen (secondary N) is 1. The molecular formula is C13H20N6S. The van der Waals surface area contributed by atoms with Gasteiger partial charge in [-0.05, 0) is 42.7 Å². The number of hydrogen-bond donors (Lipinski definition) is 2. The molecule has 0 bridgehead atoms. The zero-order valence-electron chi connectivity index (χ0n) is 11.8. The third-order valence-electron chi connectivity index (χ3n) is 2.96. The van der Waals surface area contributed by atoms with Gasteiger partial charge in [0.1, 0.15) is 0 Å². The molecule has 0 saturated heterocycles. The van der Waals surface area contributed by atoms with E-state index in [1.807, 2.05) is 4.90 Å². The minimum absolute atomic E-state index is 0.250. The number of thiophene rings is 1. The van der Waals surface area contributed by atoms with Gasteiger partial charge in [-0.25, -0.2) is 0 Å². The van der Waals surface area contributed by atoms with Crippen LogP contribution in [0, 0.1) is 0 Å². The first-order chi connectivity index (χ1) is 9.72. The minimum Gasteiger partial charge on any atom is -0.368 e. The maximum absolute atomic E-state index is 5.75. The van der Waals surface area contributed by atoms with E-state index in [2.05, 4.69) is 50.9 Å². The van der Waals surface area contributed by atoms with E-state index in [-0.39, 0.29) is 5.95 Å². The Balaban J connectivity index is 2.00. The molecule has 6 nitrogen and oxygen atoms in total. The zero-order chi connectivity index (χ0) is 14.4. The van der Waals surface area contributed by atoms with Crippen molar-refractivity contribution in [3.05, 3.63) is 22.4 Å². The van der Waals surface area contributed by atoms with Crippen LogP contribution in [0.5, 0.6) is 0 Å². The van der Waals surface area contributed by atoms with Crippen LogP contribution in [0.15, 0.2) is 16.8 Å². The number of nitrogen functional groups attached to an aromatic ring is 1. The predicted molar refractivity (Wildman–Crippen MR) is 84.3 cm³/mol. The van der Waals surface area contributed by atoms with Crippen molar-refractivity contribution < 1.29 is 0 Å². The van der Waals surface area contributed by atoms with E-state index >= 15 is 0 Å². The summed E-state index contributed by atoms with van der Waals surface area (Å²) >= 11 is 1.70. The van der Waals surface area contributed by atoms with Crippen molar-refractivity contribution in [2.75, 3.05) is 35.6 Å². The lowest BCUT2D eigenvalue weighted by molar-refractivity contribution is 0.813. The van der Waals surface area contributed by atoms with E-state index < -0.39 is 0 Å². The topological polar surface area (TPSA) is 80.0 Å². The standard InChI is InChI=1S/C13H20N6S/c1-3-19(4-2)13-17-11(14)16-12(18-13)15-7-5-10-6-8-20-9-10/h6,8-9H,3-5,7H2,1-2H3,(H3,14,15,16,17,18). The molecule has 20 heavy (non-hydrogen) atoms. The zero-order valence-corrected chi connectivity index (χ0v) is 12.7. The number of nitrogens with two attached hydrogens (primary N) is 1. The number of nitrogens with zero attached hydrogens (tertiary/aromatic N) is 4. The summed E-state index contributed by atoms with van der Waals surface area (Å²) in [6.07, 6.45) is 0.940. The van der Waals surface area contributed by atoms with Crippen molar-refractivity contribution in [2.24, 2.45) is 0 Å². The molecule has 0 aromatic carbocycles. The van der Waals surface area contributed by atoms with E-state index in [1.165, 1.54) is 5.56 Å². The van der Waals surface area contributed by atoms with Crippen LogP contribution in [0.3, 0.4) is 0 Å². The summed E-state index contributed by atoms with van der Waals surface area (Å²) in [5.74, 6) is 1.41. The third kappa shape index (κ3) is 3.80. The second-order valence-corrected chi connectivity index (χ2v) is 5.08. The fraction of sp³-hybridized carbons (Fsp3) is 0.462. The van der Waals surface area contributed by atoms with E-state index in [0.29, 0.717) is 11.9 Å². The first-order valence-electron chi connectivity index (χ1n) is 6.74. The van der Waals surface area contributed by atoms with E-state index in [0.717, 1.165) is 26.1 Å². The van der Waals surface area contributed by atoms with Gasteiger partial charge in [0.05, 0.1) is 0 Å². The van der Waals surface area contributed by atoms with Crippen LogP contribution in [0.25, 0.3) is 0 Å². The lowest BCUT2D eigenvalue weighted by atomic mass is 10.2. The average Bonchev–Trinajstić information content (AvgIpc) is 2.93. The Hall–Kier alpha value is -1.89. The van der Waals surface area contributed by atoms with Crippen LogP contribution >= 0.6 is 11.3 Å². The van der Waals surface area contributed by atoms with E-state index in [9.17, 15) is 0 Å². The predicted octanol–water partition coefficient (Wildman–Crippen LogP) is 2.02. The monoisotopic (exact) mass is 292 g/mol. The molecule has 7 heteroatoms. The minimum atomic E-state index is 0.250. The van der Waals surface area contributed by atoms with Crippen LogP contribution < -0.4 is 16.0 Å². The van der Waals surface area contributed by atoms with Crippen molar-refractivity contribution in [3.63, 3.8) is 0 Å². The first-order valence-corrected chi connectivity index (χ1v) is 7.68. The lowest BCUT2D eigenvalue weighted by Crippen LogP contribution is -2.25. The lowest BCUT2D eigenvalue weighted by Gasteiger charge is -2.19. The molecular weight excluding hydrogens is 272 g/mol.